The van der Waals surface area contributed by atoms with Gasteiger partial charge in [-0.1, -0.05) is 10.3 Å². The van der Waals surface area contributed by atoms with Crippen LogP contribution in [-0.2, 0) is 16.0 Å². The lowest BCUT2D eigenvalue weighted by atomic mass is 9.89. The second kappa shape index (κ2) is 7.15. The third kappa shape index (κ3) is 3.59. The molecule has 0 unspecified atom stereocenters. The number of furan rings is 1. The molecular weight excluding hydrogens is 352 g/mol. The molecule has 27 heavy (non-hydrogen) atoms. The number of likely N-dealkylation sites (tertiary alicyclic amines) is 1. The van der Waals surface area contributed by atoms with Crippen LogP contribution in [0.25, 0.3) is 0 Å². The standard InChI is InChI=1S/C18H22N4O5/c1-13-14(20-27-19-13)11-16(23)22-8-10-26-18(12-22)4-6-21(7-5-18)17(24)15-3-2-9-25-15/h2-3,9H,4-8,10-12H2,1H3. The minimum atomic E-state index is -0.398. The van der Waals surface area contributed by atoms with E-state index in [1.54, 1.807) is 24.0 Å². The number of hydrogen-bond donors (Lipinski definition) is 0. The summed E-state index contributed by atoms with van der Waals surface area (Å²) in [4.78, 5) is 28.7. The normalized spacial score (nSPS) is 19.4. The van der Waals surface area contributed by atoms with Crippen molar-refractivity contribution in [1.82, 2.24) is 20.1 Å². The highest BCUT2D eigenvalue weighted by atomic mass is 16.6. The minimum absolute atomic E-state index is 0.00873. The number of amides is 2. The monoisotopic (exact) mass is 374 g/mol. The first-order valence-corrected chi connectivity index (χ1v) is 9.09. The molecule has 0 saturated carbocycles. The van der Waals surface area contributed by atoms with Crippen LogP contribution in [-0.4, -0.2) is 70.3 Å². The zero-order valence-corrected chi connectivity index (χ0v) is 15.2. The van der Waals surface area contributed by atoms with Gasteiger partial charge in [0.2, 0.25) is 5.91 Å². The molecule has 0 aromatic carbocycles. The van der Waals surface area contributed by atoms with Gasteiger partial charge in [0, 0.05) is 26.2 Å². The van der Waals surface area contributed by atoms with Crippen LogP contribution in [0.1, 0.15) is 34.8 Å². The average molecular weight is 374 g/mol. The number of rotatable bonds is 3. The summed E-state index contributed by atoms with van der Waals surface area (Å²) >= 11 is 0. The highest BCUT2D eigenvalue weighted by Gasteiger charge is 2.42. The Morgan fingerprint density at radius 1 is 1.19 bits per heavy atom. The molecule has 0 radical (unpaired) electrons. The maximum absolute atomic E-state index is 12.7. The first kappa shape index (κ1) is 17.7. The van der Waals surface area contributed by atoms with Crippen molar-refractivity contribution in [3.05, 3.63) is 35.5 Å². The Balaban J connectivity index is 1.36. The predicted octanol–water partition coefficient (Wildman–Crippen LogP) is 1.05. The van der Waals surface area contributed by atoms with Crippen LogP contribution in [0.5, 0.6) is 0 Å². The number of hydrogen-bond acceptors (Lipinski definition) is 7. The Morgan fingerprint density at radius 2 is 2.00 bits per heavy atom. The summed E-state index contributed by atoms with van der Waals surface area (Å²) in [6.07, 6.45) is 3.05. The summed E-state index contributed by atoms with van der Waals surface area (Å²) in [7, 11) is 0. The van der Waals surface area contributed by atoms with E-state index in [-0.39, 0.29) is 18.2 Å². The molecule has 2 aromatic heterocycles. The molecule has 2 aliphatic rings. The quantitative estimate of drug-likeness (QED) is 0.791. The van der Waals surface area contributed by atoms with E-state index in [0.29, 0.717) is 62.8 Å². The Kier molecular flexibility index (Phi) is 4.69. The Hall–Kier alpha value is -2.68. The van der Waals surface area contributed by atoms with Crippen molar-refractivity contribution < 1.29 is 23.4 Å². The topological polar surface area (TPSA) is 102 Å². The molecule has 1 spiro atoms. The molecule has 2 saturated heterocycles. The van der Waals surface area contributed by atoms with E-state index in [0.717, 1.165) is 0 Å². The maximum atomic E-state index is 12.7. The van der Waals surface area contributed by atoms with Gasteiger partial charge >= 0.3 is 0 Å². The lowest BCUT2D eigenvalue weighted by molar-refractivity contribution is -0.157. The number of nitrogens with zero attached hydrogens (tertiary/aromatic N) is 4. The molecule has 2 fully saturated rings. The van der Waals surface area contributed by atoms with Crippen molar-refractivity contribution in [3.63, 3.8) is 0 Å². The SMILES string of the molecule is Cc1nonc1CC(=O)N1CCOC2(CCN(C(=O)c3ccco3)CC2)C1. The molecule has 144 valence electrons. The van der Waals surface area contributed by atoms with Gasteiger partial charge in [-0.25, -0.2) is 4.63 Å². The maximum Gasteiger partial charge on any atom is 0.289 e. The first-order valence-electron chi connectivity index (χ1n) is 9.09. The van der Waals surface area contributed by atoms with E-state index in [2.05, 4.69) is 14.9 Å². The van der Waals surface area contributed by atoms with Crippen LogP contribution < -0.4 is 0 Å². The molecular formula is C18H22N4O5. The number of piperidine rings is 1. The summed E-state index contributed by atoms with van der Waals surface area (Å²) in [6, 6.07) is 3.38. The molecule has 0 bridgehead atoms. The Labute approximate surface area is 156 Å². The first-order chi connectivity index (χ1) is 13.1. The Bertz CT molecular complexity index is 808. The van der Waals surface area contributed by atoms with Gasteiger partial charge in [0.1, 0.15) is 11.4 Å². The van der Waals surface area contributed by atoms with Gasteiger partial charge in [0.05, 0.1) is 24.9 Å². The summed E-state index contributed by atoms with van der Waals surface area (Å²) < 4.78 is 15.9. The average Bonchev–Trinajstić information content (AvgIpc) is 3.34. The molecule has 0 aliphatic carbocycles. The van der Waals surface area contributed by atoms with Crippen LogP contribution in [0.3, 0.4) is 0 Å². The van der Waals surface area contributed by atoms with E-state index in [9.17, 15) is 9.59 Å². The highest BCUT2D eigenvalue weighted by Crippen LogP contribution is 2.31. The van der Waals surface area contributed by atoms with Crippen molar-refractivity contribution in [1.29, 1.82) is 0 Å². The number of ether oxygens (including phenoxy) is 1. The largest absolute Gasteiger partial charge is 0.459 e. The van der Waals surface area contributed by atoms with Crippen LogP contribution in [0.15, 0.2) is 27.4 Å². The van der Waals surface area contributed by atoms with Gasteiger partial charge in [-0.2, -0.15) is 0 Å². The van der Waals surface area contributed by atoms with Crippen molar-refractivity contribution in [3.8, 4) is 0 Å². The molecule has 2 aromatic rings. The van der Waals surface area contributed by atoms with Crippen LogP contribution in [0.2, 0.25) is 0 Å². The third-order valence-electron chi connectivity index (χ3n) is 5.36. The summed E-state index contributed by atoms with van der Waals surface area (Å²) in [5, 5.41) is 7.51. The van der Waals surface area contributed by atoms with E-state index in [1.807, 2.05) is 4.90 Å². The summed E-state index contributed by atoms with van der Waals surface area (Å²) in [5.74, 6) is 0.238. The number of aryl methyl sites for hydroxylation is 1. The molecule has 0 atom stereocenters. The lowest BCUT2D eigenvalue weighted by Crippen LogP contribution is -2.58. The van der Waals surface area contributed by atoms with E-state index >= 15 is 0 Å². The van der Waals surface area contributed by atoms with E-state index in [4.69, 9.17) is 9.15 Å². The molecule has 4 heterocycles. The fourth-order valence-corrected chi connectivity index (χ4v) is 3.70. The molecule has 9 nitrogen and oxygen atoms in total. The van der Waals surface area contributed by atoms with Crippen LogP contribution in [0, 0.1) is 6.92 Å². The van der Waals surface area contributed by atoms with Gasteiger partial charge in [-0.05, 0) is 31.9 Å². The number of carbonyl (C=O) groups is 2. The van der Waals surface area contributed by atoms with Crippen molar-refractivity contribution in [2.45, 2.75) is 31.8 Å². The second-order valence-electron chi connectivity index (χ2n) is 7.09. The molecule has 2 amide bonds. The van der Waals surface area contributed by atoms with Crippen molar-refractivity contribution in [2.24, 2.45) is 0 Å². The van der Waals surface area contributed by atoms with Crippen LogP contribution >= 0.6 is 0 Å². The van der Waals surface area contributed by atoms with Crippen molar-refractivity contribution in [2.75, 3.05) is 32.8 Å². The highest BCUT2D eigenvalue weighted by molar-refractivity contribution is 5.91. The van der Waals surface area contributed by atoms with Gasteiger partial charge in [-0.3, -0.25) is 9.59 Å². The summed E-state index contributed by atoms with van der Waals surface area (Å²) in [5.41, 5.74) is 0.806. The fraction of sp³-hybridized carbons (Fsp3) is 0.556. The van der Waals surface area contributed by atoms with Crippen molar-refractivity contribution >= 4 is 11.8 Å². The minimum Gasteiger partial charge on any atom is -0.459 e. The van der Waals surface area contributed by atoms with Gasteiger partial charge < -0.3 is 19.0 Å². The molecule has 4 rings (SSSR count). The van der Waals surface area contributed by atoms with Gasteiger partial charge in [-0.15, -0.1) is 0 Å². The molecule has 2 aliphatic heterocycles. The smallest absolute Gasteiger partial charge is 0.289 e. The number of morpholine rings is 1. The number of carbonyl (C=O) groups excluding carboxylic acids is 2. The van der Waals surface area contributed by atoms with E-state index in [1.165, 1.54) is 6.26 Å². The second-order valence-corrected chi connectivity index (χ2v) is 7.09. The number of aromatic nitrogens is 2. The molecule has 0 N–H and O–H groups in total. The Morgan fingerprint density at radius 3 is 2.67 bits per heavy atom. The third-order valence-corrected chi connectivity index (χ3v) is 5.36. The van der Waals surface area contributed by atoms with E-state index < -0.39 is 5.60 Å². The predicted molar refractivity (Wildman–Crippen MR) is 91.8 cm³/mol. The zero-order chi connectivity index (χ0) is 18.9. The fourth-order valence-electron chi connectivity index (χ4n) is 3.70. The van der Waals surface area contributed by atoms with Gasteiger partial charge in [0.25, 0.3) is 5.91 Å². The zero-order valence-electron chi connectivity index (χ0n) is 15.2. The lowest BCUT2D eigenvalue weighted by Gasteiger charge is -2.47. The van der Waals surface area contributed by atoms with Gasteiger partial charge in [0.15, 0.2) is 5.76 Å². The van der Waals surface area contributed by atoms with Crippen LogP contribution in [0.4, 0.5) is 0 Å². The summed E-state index contributed by atoms with van der Waals surface area (Å²) in [6.45, 7) is 4.50. The molecule has 9 heteroatoms.